The number of halogens is 1. The third-order valence-corrected chi connectivity index (χ3v) is 5.96. The second kappa shape index (κ2) is 11.6. The summed E-state index contributed by atoms with van der Waals surface area (Å²) in [6.07, 6.45) is 3.55. The molecule has 2 heterocycles. The summed E-state index contributed by atoms with van der Waals surface area (Å²) in [5.74, 6) is 1.39. The van der Waals surface area contributed by atoms with Crippen LogP contribution in [0.15, 0.2) is 4.99 Å². The highest BCUT2D eigenvalue weighted by Gasteiger charge is 2.35. The average molecular weight is 509 g/mol. The predicted molar refractivity (Wildman–Crippen MR) is 127 cm³/mol. The van der Waals surface area contributed by atoms with Crippen molar-refractivity contribution in [2.45, 2.75) is 66.9 Å². The summed E-state index contributed by atoms with van der Waals surface area (Å²) in [6.45, 7) is 16.5. The van der Waals surface area contributed by atoms with Crippen LogP contribution in [-0.4, -0.2) is 43.3 Å². The molecule has 1 aromatic rings. The minimum atomic E-state index is 0. The van der Waals surface area contributed by atoms with Crippen molar-refractivity contribution in [3.05, 3.63) is 15.6 Å². The van der Waals surface area contributed by atoms with Gasteiger partial charge in [-0.15, -0.1) is 35.3 Å². The summed E-state index contributed by atoms with van der Waals surface area (Å²) in [7, 11) is 0. The topological polar surface area (TPSA) is 58.5 Å². The molecule has 0 amide bonds. The zero-order chi connectivity index (χ0) is 19.2. The van der Waals surface area contributed by atoms with Gasteiger partial charge in [0.25, 0.3) is 0 Å². The van der Waals surface area contributed by atoms with Gasteiger partial charge in [-0.25, -0.2) is 4.98 Å². The van der Waals surface area contributed by atoms with E-state index >= 15 is 0 Å². The number of aryl methyl sites for hydroxylation is 2. The SMILES string of the molecule is CCNC(=NCC1CCCOC1C(C)(C)C)NCCc1nc(C)c(C)s1.I. The van der Waals surface area contributed by atoms with Gasteiger partial charge in [-0.05, 0) is 39.0 Å². The lowest BCUT2D eigenvalue weighted by atomic mass is 9.78. The van der Waals surface area contributed by atoms with Crippen molar-refractivity contribution in [1.29, 1.82) is 0 Å². The van der Waals surface area contributed by atoms with Gasteiger partial charge in [0.05, 0.1) is 16.8 Å². The molecular formula is C20H37IN4OS. The van der Waals surface area contributed by atoms with Crippen LogP contribution in [0.5, 0.6) is 0 Å². The van der Waals surface area contributed by atoms with Gasteiger partial charge in [0.1, 0.15) is 0 Å². The predicted octanol–water partition coefficient (Wildman–Crippen LogP) is 4.32. The summed E-state index contributed by atoms with van der Waals surface area (Å²) >= 11 is 1.79. The molecule has 0 spiro atoms. The zero-order valence-electron chi connectivity index (χ0n) is 17.7. The van der Waals surface area contributed by atoms with E-state index in [0.29, 0.717) is 5.92 Å². The van der Waals surface area contributed by atoms with E-state index in [2.05, 4.69) is 57.2 Å². The monoisotopic (exact) mass is 508 g/mol. The Labute approximate surface area is 186 Å². The largest absolute Gasteiger partial charge is 0.377 e. The van der Waals surface area contributed by atoms with Gasteiger partial charge in [-0.1, -0.05) is 20.8 Å². The molecule has 0 saturated carbocycles. The third kappa shape index (κ3) is 7.85. The van der Waals surface area contributed by atoms with Crippen molar-refractivity contribution < 1.29 is 4.74 Å². The summed E-state index contributed by atoms with van der Waals surface area (Å²) in [6, 6.07) is 0. The molecule has 2 atom stereocenters. The third-order valence-electron chi connectivity index (χ3n) is 4.83. The van der Waals surface area contributed by atoms with Gasteiger partial charge in [0.2, 0.25) is 0 Å². The normalized spacial score (nSPS) is 20.9. The molecule has 0 radical (unpaired) electrons. The highest BCUT2D eigenvalue weighted by Crippen LogP contribution is 2.34. The molecule has 2 rings (SSSR count). The lowest BCUT2D eigenvalue weighted by molar-refractivity contribution is -0.0823. The number of hydrogen-bond donors (Lipinski definition) is 2. The van der Waals surface area contributed by atoms with Gasteiger partial charge < -0.3 is 15.4 Å². The number of hydrogen-bond acceptors (Lipinski definition) is 4. The average Bonchev–Trinajstić information content (AvgIpc) is 2.90. The number of aromatic nitrogens is 1. The second-order valence-electron chi connectivity index (χ2n) is 8.21. The molecule has 1 aromatic heterocycles. The molecule has 2 N–H and O–H groups in total. The van der Waals surface area contributed by atoms with E-state index in [4.69, 9.17) is 9.73 Å². The van der Waals surface area contributed by atoms with Crippen LogP contribution in [0.3, 0.4) is 0 Å². The summed E-state index contributed by atoms with van der Waals surface area (Å²) < 4.78 is 6.08. The van der Waals surface area contributed by atoms with Crippen LogP contribution in [0.2, 0.25) is 0 Å². The molecule has 1 saturated heterocycles. The molecule has 156 valence electrons. The van der Waals surface area contributed by atoms with Crippen LogP contribution in [0.25, 0.3) is 0 Å². The first-order chi connectivity index (χ1) is 12.3. The van der Waals surface area contributed by atoms with Crippen molar-refractivity contribution in [3.8, 4) is 0 Å². The molecule has 1 aliphatic heterocycles. The summed E-state index contributed by atoms with van der Waals surface area (Å²) in [5, 5.41) is 8.01. The minimum absolute atomic E-state index is 0. The molecule has 1 aliphatic rings. The molecule has 5 nitrogen and oxygen atoms in total. The maximum atomic E-state index is 6.08. The van der Waals surface area contributed by atoms with Crippen molar-refractivity contribution in [1.82, 2.24) is 15.6 Å². The number of nitrogens with zero attached hydrogens (tertiary/aromatic N) is 2. The summed E-state index contributed by atoms with van der Waals surface area (Å²) in [5.41, 5.74) is 1.31. The standard InChI is InChI=1S/C20H36N4OS.HI/c1-7-21-19(22-11-10-17-24-14(2)15(3)26-17)23-13-16-9-8-12-25-18(16)20(4,5)6;/h16,18H,7-13H2,1-6H3,(H2,21,22,23);1H. The molecule has 0 aliphatic carbocycles. The Hall–Kier alpha value is -0.410. The van der Waals surface area contributed by atoms with E-state index < -0.39 is 0 Å². The van der Waals surface area contributed by atoms with Crippen molar-refractivity contribution in [3.63, 3.8) is 0 Å². The van der Waals surface area contributed by atoms with Crippen LogP contribution in [-0.2, 0) is 11.2 Å². The Kier molecular flexibility index (Phi) is 10.5. The molecular weight excluding hydrogens is 471 g/mol. The lowest BCUT2D eigenvalue weighted by Crippen LogP contribution is -2.43. The van der Waals surface area contributed by atoms with Gasteiger partial charge in [0.15, 0.2) is 5.96 Å². The first-order valence-corrected chi connectivity index (χ1v) is 10.7. The number of rotatable bonds is 6. The fraction of sp³-hybridized carbons (Fsp3) is 0.800. The smallest absolute Gasteiger partial charge is 0.191 e. The van der Waals surface area contributed by atoms with Crippen molar-refractivity contribution >= 4 is 41.3 Å². The van der Waals surface area contributed by atoms with Gasteiger partial charge in [-0.3, -0.25) is 4.99 Å². The van der Waals surface area contributed by atoms with Crippen LogP contribution in [0.4, 0.5) is 0 Å². The Morgan fingerprint density at radius 2 is 2.04 bits per heavy atom. The van der Waals surface area contributed by atoms with E-state index in [0.717, 1.165) is 50.7 Å². The van der Waals surface area contributed by atoms with Crippen LogP contribution in [0.1, 0.15) is 56.1 Å². The van der Waals surface area contributed by atoms with Gasteiger partial charge in [-0.2, -0.15) is 0 Å². The quantitative estimate of drug-likeness (QED) is 0.342. The number of guanidine groups is 1. The fourth-order valence-corrected chi connectivity index (χ4v) is 4.41. The highest BCUT2D eigenvalue weighted by molar-refractivity contribution is 14.0. The molecule has 2 unspecified atom stereocenters. The number of ether oxygens (including phenoxy) is 1. The van der Waals surface area contributed by atoms with E-state index in [9.17, 15) is 0 Å². The lowest BCUT2D eigenvalue weighted by Gasteiger charge is -2.39. The second-order valence-corrected chi connectivity index (χ2v) is 9.49. The van der Waals surface area contributed by atoms with Gasteiger partial charge in [0, 0.05) is 43.5 Å². The number of aliphatic imine (C=N–C) groups is 1. The first-order valence-electron chi connectivity index (χ1n) is 9.88. The molecule has 0 bridgehead atoms. The van der Waals surface area contributed by atoms with E-state index in [1.165, 1.54) is 16.3 Å². The Bertz CT molecular complexity index is 578. The maximum absolute atomic E-state index is 6.08. The fourth-order valence-electron chi connectivity index (χ4n) is 3.47. The number of nitrogens with one attached hydrogen (secondary N) is 2. The van der Waals surface area contributed by atoms with E-state index in [1.807, 2.05) is 0 Å². The van der Waals surface area contributed by atoms with Gasteiger partial charge >= 0.3 is 0 Å². The van der Waals surface area contributed by atoms with Crippen LogP contribution >= 0.6 is 35.3 Å². The molecule has 1 fully saturated rings. The minimum Gasteiger partial charge on any atom is -0.377 e. The summed E-state index contributed by atoms with van der Waals surface area (Å²) in [4.78, 5) is 10.8. The highest BCUT2D eigenvalue weighted by atomic mass is 127. The van der Waals surface area contributed by atoms with E-state index in [1.54, 1.807) is 11.3 Å². The molecule has 7 heteroatoms. The van der Waals surface area contributed by atoms with Crippen LogP contribution < -0.4 is 10.6 Å². The number of thiazole rings is 1. The maximum Gasteiger partial charge on any atom is 0.191 e. The Balaban J connectivity index is 0.00000364. The molecule has 0 aromatic carbocycles. The van der Waals surface area contributed by atoms with Crippen LogP contribution in [0, 0.1) is 25.2 Å². The first kappa shape index (κ1) is 24.6. The Morgan fingerprint density at radius 1 is 1.30 bits per heavy atom. The van der Waals surface area contributed by atoms with Crippen molar-refractivity contribution in [2.24, 2.45) is 16.3 Å². The van der Waals surface area contributed by atoms with Crippen molar-refractivity contribution in [2.75, 3.05) is 26.2 Å². The zero-order valence-corrected chi connectivity index (χ0v) is 20.9. The van der Waals surface area contributed by atoms with E-state index in [-0.39, 0.29) is 35.5 Å². The Morgan fingerprint density at radius 3 is 2.63 bits per heavy atom. The molecule has 27 heavy (non-hydrogen) atoms.